The lowest BCUT2D eigenvalue weighted by atomic mass is 9.94. The molecule has 16 heavy (non-hydrogen) atoms. The van der Waals surface area contributed by atoms with Gasteiger partial charge in [0.15, 0.2) is 5.92 Å². The summed E-state index contributed by atoms with van der Waals surface area (Å²) in [5.74, 6) is -4.59. The van der Waals surface area contributed by atoms with E-state index in [1.54, 1.807) is 0 Å². The van der Waals surface area contributed by atoms with Crippen molar-refractivity contribution >= 4 is 23.5 Å². The lowest BCUT2D eigenvalue weighted by Crippen LogP contribution is -2.34. The molecule has 0 radical (unpaired) electrons. The van der Waals surface area contributed by atoms with E-state index >= 15 is 0 Å². The Kier molecular flexibility index (Phi) is 3.87. The Bertz CT molecular complexity index is 390. The maximum absolute atomic E-state index is 10.7. The monoisotopic (exact) mass is 243 g/mol. The molecule has 0 saturated heterocycles. The molecule has 4 N–H and O–H groups in total. The normalized spacial score (nSPS) is 12.4. The molecule has 0 aliphatic rings. The number of nitrogens with two attached hydrogens (primary N) is 1. The lowest BCUT2D eigenvalue weighted by Gasteiger charge is -2.16. The van der Waals surface area contributed by atoms with Gasteiger partial charge in [0.1, 0.15) is 0 Å². The van der Waals surface area contributed by atoms with E-state index in [1.807, 2.05) is 0 Å². The number of benzene rings is 1. The van der Waals surface area contributed by atoms with Gasteiger partial charge in [-0.05, 0) is 17.7 Å². The lowest BCUT2D eigenvalue weighted by molar-refractivity contribution is -0.155. The molecule has 0 aliphatic carbocycles. The highest BCUT2D eigenvalue weighted by Crippen LogP contribution is 2.21. The average Bonchev–Trinajstić information content (AvgIpc) is 2.17. The quantitative estimate of drug-likeness (QED) is 0.688. The van der Waals surface area contributed by atoms with Crippen LogP contribution in [0.4, 0.5) is 0 Å². The second kappa shape index (κ2) is 4.96. The first-order valence-corrected chi connectivity index (χ1v) is 4.78. The van der Waals surface area contributed by atoms with Crippen LogP contribution >= 0.6 is 11.6 Å². The zero-order valence-electron chi connectivity index (χ0n) is 8.13. The minimum atomic E-state index is -1.67. The molecule has 0 spiro atoms. The predicted molar refractivity (Wildman–Crippen MR) is 57.1 cm³/mol. The van der Waals surface area contributed by atoms with Crippen molar-refractivity contribution in [3.05, 3.63) is 34.9 Å². The SMILES string of the molecule is NC(c1ccc(Cl)cc1)C(C(=O)O)C(=O)O. The van der Waals surface area contributed by atoms with Crippen molar-refractivity contribution < 1.29 is 19.8 Å². The third-order valence-electron chi connectivity index (χ3n) is 2.15. The van der Waals surface area contributed by atoms with Crippen LogP contribution in [0.25, 0.3) is 0 Å². The molecular weight excluding hydrogens is 234 g/mol. The Balaban J connectivity index is 2.99. The summed E-state index contributed by atoms with van der Waals surface area (Å²) in [5.41, 5.74) is 6.00. The fourth-order valence-corrected chi connectivity index (χ4v) is 1.42. The second-order valence-corrected chi connectivity index (χ2v) is 3.67. The molecule has 6 heteroatoms. The Labute approximate surface area is 96.4 Å². The molecule has 1 atom stereocenters. The van der Waals surface area contributed by atoms with Crippen LogP contribution in [-0.4, -0.2) is 22.2 Å². The number of hydrogen-bond donors (Lipinski definition) is 3. The molecule has 0 fully saturated rings. The first-order valence-electron chi connectivity index (χ1n) is 4.40. The van der Waals surface area contributed by atoms with Gasteiger partial charge in [0.25, 0.3) is 0 Å². The summed E-state index contributed by atoms with van der Waals surface area (Å²) in [4.78, 5) is 21.5. The molecule has 1 aromatic carbocycles. The van der Waals surface area contributed by atoms with E-state index < -0.39 is 23.9 Å². The van der Waals surface area contributed by atoms with Crippen molar-refractivity contribution in [1.82, 2.24) is 0 Å². The first-order chi connectivity index (χ1) is 7.43. The molecule has 0 bridgehead atoms. The minimum Gasteiger partial charge on any atom is -0.481 e. The number of rotatable bonds is 4. The topological polar surface area (TPSA) is 101 Å². The summed E-state index contributed by atoms with van der Waals surface area (Å²) in [7, 11) is 0. The number of aliphatic carboxylic acids is 2. The van der Waals surface area contributed by atoms with Crippen molar-refractivity contribution in [3.8, 4) is 0 Å². The highest BCUT2D eigenvalue weighted by atomic mass is 35.5. The number of carboxylic acids is 2. The molecule has 0 aliphatic heterocycles. The highest BCUT2D eigenvalue weighted by molar-refractivity contribution is 6.30. The molecule has 1 rings (SSSR count). The van der Waals surface area contributed by atoms with Crippen LogP contribution in [0.1, 0.15) is 11.6 Å². The van der Waals surface area contributed by atoms with Crippen molar-refractivity contribution in [2.45, 2.75) is 6.04 Å². The Morgan fingerprint density at radius 2 is 1.56 bits per heavy atom. The summed E-state index contributed by atoms with van der Waals surface area (Å²) >= 11 is 5.65. The van der Waals surface area contributed by atoms with Crippen LogP contribution in [0.15, 0.2) is 24.3 Å². The molecular formula is C10H10ClNO4. The molecule has 1 aromatic rings. The molecule has 1 unspecified atom stereocenters. The van der Waals surface area contributed by atoms with Gasteiger partial charge in [0, 0.05) is 5.02 Å². The zero-order chi connectivity index (χ0) is 12.3. The Morgan fingerprint density at radius 1 is 1.12 bits per heavy atom. The van der Waals surface area contributed by atoms with Gasteiger partial charge in [-0.25, -0.2) is 0 Å². The van der Waals surface area contributed by atoms with Crippen LogP contribution in [0.3, 0.4) is 0 Å². The standard InChI is InChI=1S/C10H10ClNO4/c11-6-3-1-5(2-4-6)8(12)7(9(13)14)10(15)16/h1-4,7-8H,12H2,(H,13,14)(H,15,16). The first kappa shape index (κ1) is 12.5. The van der Waals surface area contributed by atoms with Crippen LogP contribution < -0.4 is 5.73 Å². The number of hydrogen-bond acceptors (Lipinski definition) is 3. The number of halogens is 1. The summed E-state index contributed by atoms with van der Waals surface area (Å²) in [6.07, 6.45) is 0. The van der Waals surface area contributed by atoms with Crippen molar-refractivity contribution in [1.29, 1.82) is 0 Å². The summed E-state index contributed by atoms with van der Waals surface area (Å²) in [6.45, 7) is 0. The van der Waals surface area contributed by atoms with Gasteiger partial charge >= 0.3 is 11.9 Å². The second-order valence-electron chi connectivity index (χ2n) is 3.23. The molecule has 0 aromatic heterocycles. The van der Waals surface area contributed by atoms with Gasteiger partial charge in [-0.1, -0.05) is 23.7 Å². The van der Waals surface area contributed by atoms with E-state index in [0.29, 0.717) is 10.6 Å². The zero-order valence-corrected chi connectivity index (χ0v) is 8.89. The smallest absolute Gasteiger partial charge is 0.319 e. The van der Waals surface area contributed by atoms with E-state index in [9.17, 15) is 9.59 Å². The van der Waals surface area contributed by atoms with E-state index in [2.05, 4.69) is 0 Å². The Hall–Kier alpha value is -1.59. The molecule has 0 heterocycles. The summed E-state index contributed by atoms with van der Waals surface area (Å²) in [5, 5.41) is 18.0. The van der Waals surface area contributed by atoms with E-state index in [4.69, 9.17) is 27.5 Å². The van der Waals surface area contributed by atoms with Gasteiger partial charge in [-0.2, -0.15) is 0 Å². The van der Waals surface area contributed by atoms with Crippen molar-refractivity contribution in [2.24, 2.45) is 11.7 Å². The van der Waals surface area contributed by atoms with Gasteiger partial charge in [-0.3, -0.25) is 9.59 Å². The fraction of sp³-hybridized carbons (Fsp3) is 0.200. The van der Waals surface area contributed by atoms with E-state index in [-0.39, 0.29) is 0 Å². The Morgan fingerprint density at radius 3 is 1.94 bits per heavy atom. The summed E-state index contributed by atoms with van der Waals surface area (Å²) < 4.78 is 0. The number of carboxylic acid groups (broad SMARTS) is 2. The fourth-order valence-electron chi connectivity index (χ4n) is 1.29. The maximum Gasteiger partial charge on any atom is 0.319 e. The van der Waals surface area contributed by atoms with E-state index in [1.165, 1.54) is 24.3 Å². The predicted octanol–water partition coefficient (Wildman–Crippen LogP) is 1.13. The third kappa shape index (κ3) is 2.71. The molecule has 86 valence electrons. The van der Waals surface area contributed by atoms with Crippen LogP contribution in [0, 0.1) is 5.92 Å². The van der Waals surface area contributed by atoms with Gasteiger partial charge in [-0.15, -0.1) is 0 Å². The average molecular weight is 244 g/mol. The van der Waals surface area contributed by atoms with Gasteiger partial charge in [0.2, 0.25) is 0 Å². The van der Waals surface area contributed by atoms with Crippen LogP contribution in [0.5, 0.6) is 0 Å². The molecule has 0 amide bonds. The minimum absolute atomic E-state index is 0.416. The molecule has 0 saturated carbocycles. The third-order valence-corrected chi connectivity index (χ3v) is 2.40. The summed E-state index contributed by atoms with van der Waals surface area (Å²) in [6, 6.07) is 4.96. The van der Waals surface area contributed by atoms with Gasteiger partial charge < -0.3 is 15.9 Å². The molecule has 5 nitrogen and oxygen atoms in total. The largest absolute Gasteiger partial charge is 0.481 e. The van der Waals surface area contributed by atoms with E-state index in [0.717, 1.165) is 0 Å². The highest BCUT2D eigenvalue weighted by Gasteiger charge is 2.33. The van der Waals surface area contributed by atoms with Crippen LogP contribution in [0.2, 0.25) is 5.02 Å². The van der Waals surface area contributed by atoms with Crippen molar-refractivity contribution in [3.63, 3.8) is 0 Å². The van der Waals surface area contributed by atoms with Gasteiger partial charge in [0.05, 0.1) is 6.04 Å². The van der Waals surface area contributed by atoms with Crippen LogP contribution in [-0.2, 0) is 9.59 Å². The van der Waals surface area contributed by atoms with Crippen molar-refractivity contribution in [2.75, 3.05) is 0 Å². The number of carbonyl (C=O) groups is 2. The maximum atomic E-state index is 10.7.